The molecule has 1 N–H and O–H groups in total. The van der Waals surface area contributed by atoms with Gasteiger partial charge in [0.1, 0.15) is 11.6 Å². The fourth-order valence-corrected chi connectivity index (χ4v) is 9.51. The van der Waals surface area contributed by atoms with Gasteiger partial charge in [-0.1, -0.05) is 41.4 Å². The average Bonchev–Trinajstić information content (AvgIpc) is 3.30. The maximum atomic E-state index is 15.7. The van der Waals surface area contributed by atoms with E-state index in [2.05, 4.69) is 14.7 Å². The van der Waals surface area contributed by atoms with Crippen LogP contribution < -0.4 is 14.5 Å². The Hall–Kier alpha value is -3.68. The van der Waals surface area contributed by atoms with Gasteiger partial charge in [0.25, 0.3) is 5.91 Å². The number of alkyl halides is 1. The summed E-state index contributed by atoms with van der Waals surface area (Å²) in [6.45, 7) is 5.04. The third-order valence-corrected chi connectivity index (χ3v) is 11.8. The van der Waals surface area contributed by atoms with Crippen LogP contribution in [-0.4, -0.2) is 110 Å². The van der Waals surface area contributed by atoms with E-state index >= 15 is 4.39 Å². The topological polar surface area (TPSA) is 95.0 Å². The Labute approximate surface area is 303 Å². The predicted molar refractivity (Wildman–Crippen MR) is 186 cm³/mol. The van der Waals surface area contributed by atoms with E-state index in [0.29, 0.717) is 42.3 Å². The smallest absolute Gasteiger partial charge is 0.337 e. The molecule has 1 amide bonds. The zero-order valence-corrected chi connectivity index (χ0v) is 29.2. The van der Waals surface area contributed by atoms with Crippen molar-refractivity contribution in [3.8, 4) is 16.9 Å². The standard InChI is InChI=1S/C37H36Cl2F2N4O6/c38-28-6-24(44-15-36(16-44)13-42(14-36)17-37(41)18-50-19-37)7-29(39)32(28)34(46)43-10-21-2-1-3-25(33(21)51-20-43)26-9-31(27(35(47)48)8-30(26)40)45-22-4-5-23(45)12-49-11-22/h1-3,6-9,22-23H,4-5,10-20H2,(H,47,48). The van der Waals surface area contributed by atoms with E-state index in [9.17, 15) is 19.1 Å². The first kappa shape index (κ1) is 33.2. The Morgan fingerprint density at radius 1 is 0.941 bits per heavy atom. The van der Waals surface area contributed by atoms with Crippen LogP contribution in [0.3, 0.4) is 0 Å². The predicted octanol–water partition coefficient (Wildman–Crippen LogP) is 5.72. The monoisotopic (exact) mass is 740 g/mol. The molecular weight excluding hydrogens is 705 g/mol. The summed E-state index contributed by atoms with van der Waals surface area (Å²) in [6, 6.07) is 11.6. The molecule has 5 fully saturated rings. The van der Waals surface area contributed by atoms with Crippen LogP contribution in [0.4, 0.5) is 20.2 Å². The van der Waals surface area contributed by atoms with Crippen molar-refractivity contribution in [1.29, 1.82) is 0 Å². The fraction of sp³-hybridized carbons (Fsp3) is 0.459. The number of rotatable bonds is 7. The molecule has 268 valence electrons. The maximum Gasteiger partial charge on any atom is 0.337 e. The second-order valence-electron chi connectivity index (χ2n) is 15.0. The number of benzene rings is 3. The molecule has 0 radical (unpaired) electrons. The molecule has 14 heteroatoms. The molecule has 2 unspecified atom stereocenters. The largest absolute Gasteiger partial charge is 0.478 e. The highest BCUT2D eigenvalue weighted by Crippen LogP contribution is 2.46. The summed E-state index contributed by atoms with van der Waals surface area (Å²) in [7, 11) is 0. The Morgan fingerprint density at radius 3 is 2.29 bits per heavy atom. The second kappa shape index (κ2) is 12.2. The Bertz CT molecular complexity index is 1910. The van der Waals surface area contributed by atoms with E-state index < -0.39 is 23.4 Å². The molecule has 0 aromatic heterocycles. The molecule has 2 atom stereocenters. The van der Waals surface area contributed by atoms with Crippen molar-refractivity contribution < 1.29 is 37.7 Å². The number of morpholine rings is 1. The molecule has 3 aromatic rings. The quantitative estimate of drug-likeness (QED) is 0.327. The number of para-hydroxylation sites is 1. The Balaban J connectivity index is 0.916. The summed E-state index contributed by atoms with van der Waals surface area (Å²) in [5.41, 5.74) is 1.62. The number of hydrogen-bond donors (Lipinski definition) is 1. The van der Waals surface area contributed by atoms with Crippen LogP contribution in [0.15, 0.2) is 42.5 Å². The normalized spacial score (nSPS) is 24.4. The lowest BCUT2D eigenvalue weighted by Gasteiger charge is -2.62. The van der Waals surface area contributed by atoms with Gasteiger partial charge in [0.2, 0.25) is 0 Å². The van der Waals surface area contributed by atoms with Crippen molar-refractivity contribution in [3.05, 3.63) is 75.0 Å². The molecule has 6 heterocycles. The number of amides is 1. The molecule has 6 aliphatic rings. The van der Waals surface area contributed by atoms with Crippen molar-refractivity contribution in [2.45, 2.75) is 37.1 Å². The van der Waals surface area contributed by atoms with Crippen LogP contribution in [0.25, 0.3) is 11.1 Å². The molecule has 0 aliphatic carbocycles. The first-order chi connectivity index (χ1) is 24.5. The van der Waals surface area contributed by atoms with Gasteiger partial charge in [0.05, 0.1) is 71.9 Å². The van der Waals surface area contributed by atoms with Gasteiger partial charge >= 0.3 is 5.97 Å². The van der Waals surface area contributed by atoms with Crippen LogP contribution in [-0.2, 0) is 16.0 Å². The summed E-state index contributed by atoms with van der Waals surface area (Å²) < 4.78 is 47.1. The number of ether oxygens (including phenoxy) is 3. The van der Waals surface area contributed by atoms with Crippen molar-refractivity contribution in [2.24, 2.45) is 5.41 Å². The van der Waals surface area contributed by atoms with Crippen LogP contribution in [0.5, 0.6) is 5.75 Å². The van der Waals surface area contributed by atoms with Gasteiger partial charge in [-0.25, -0.2) is 13.6 Å². The highest BCUT2D eigenvalue weighted by Gasteiger charge is 2.54. The lowest BCUT2D eigenvalue weighted by atomic mass is 9.72. The van der Waals surface area contributed by atoms with E-state index in [4.69, 9.17) is 37.4 Å². The van der Waals surface area contributed by atoms with E-state index in [-0.39, 0.29) is 70.7 Å². The number of hydrogen-bond acceptors (Lipinski definition) is 8. The zero-order chi connectivity index (χ0) is 35.2. The molecule has 9 rings (SSSR count). The molecule has 2 bridgehead atoms. The van der Waals surface area contributed by atoms with Gasteiger partial charge in [-0.2, -0.15) is 0 Å². The average molecular weight is 742 g/mol. The minimum atomic E-state index is -1.22. The fourth-order valence-electron chi connectivity index (χ4n) is 8.87. The van der Waals surface area contributed by atoms with Gasteiger partial charge in [-0.3, -0.25) is 9.69 Å². The molecule has 6 aliphatic heterocycles. The van der Waals surface area contributed by atoms with Crippen molar-refractivity contribution in [3.63, 3.8) is 0 Å². The molecule has 1 spiro atoms. The first-order valence-electron chi connectivity index (χ1n) is 17.2. The number of fused-ring (bicyclic) bond motifs is 3. The van der Waals surface area contributed by atoms with Crippen LogP contribution in [0.1, 0.15) is 39.1 Å². The number of halogens is 4. The van der Waals surface area contributed by atoms with Gasteiger partial charge in [0, 0.05) is 60.5 Å². The lowest BCUT2D eigenvalue weighted by molar-refractivity contribution is -0.161. The van der Waals surface area contributed by atoms with Crippen LogP contribution in [0.2, 0.25) is 10.0 Å². The first-order valence-corrected chi connectivity index (χ1v) is 18.0. The minimum Gasteiger partial charge on any atom is -0.478 e. The summed E-state index contributed by atoms with van der Waals surface area (Å²) in [4.78, 5) is 34.0. The molecule has 5 saturated heterocycles. The second-order valence-corrected chi connectivity index (χ2v) is 15.8. The van der Waals surface area contributed by atoms with Crippen LogP contribution in [0, 0.1) is 11.2 Å². The Kier molecular flexibility index (Phi) is 7.93. The SMILES string of the molecule is O=C(O)c1cc(F)c(-c2cccc3c2OCN(C(=O)c2c(Cl)cc(N4CC5(CN(CC6(F)COC6)C5)C4)cc2Cl)C3)cc1N1C2CCC1COC2. The van der Waals surface area contributed by atoms with E-state index in [1.807, 2.05) is 6.07 Å². The summed E-state index contributed by atoms with van der Waals surface area (Å²) in [5.74, 6) is -1.84. The Morgan fingerprint density at radius 2 is 1.65 bits per heavy atom. The van der Waals surface area contributed by atoms with Crippen molar-refractivity contribution >= 4 is 46.5 Å². The molecule has 0 saturated carbocycles. The summed E-state index contributed by atoms with van der Waals surface area (Å²) in [5, 5.41) is 10.5. The minimum absolute atomic E-state index is 0.0220. The van der Waals surface area contributed by atoms with Gasteiger partial charge < -0.3 is 34.0 Å². The number of aromatic carboxylic acids is 1. The number of carbonyl (C=O) groups is 2. The van der Waals surface area contributed by atoms with Crippen LogP contribution >= 0.6 is 23.2 Å². The molecular formula is C37H36Cl2F2N4O6. The van der Waals surface area contributed by atoms with Crippen molar-refractivity contribution in [1.82, 2.24) is 9.80 Å². The van der Waals surface area contributed by atoms with Crippen molar-refractivity contribution in [2.75, 3.05) is 75.7 Å². The highest BCUT2D eigenvalue weighted by atomic mass is 35.5. The van der Waals surface area contributed by atoms with Gasteiger partial charge in [-0.15, -0.1) is 0 Å². The molecule has 3 aromatic carbocycles. The zero-order valence-electron chi connectivity index (χ0n) is 27.7. The highest BCUT2D eigenvalue weighted by molar-refractivity contribution is 6.40. The summed E-state index contributed by atoms with van der Waals surface area (Å²) in [6.07, 6.45) is 1.75. The maximum absolute atomic E-state index is 15.7. The number of anilines is 2. The number of carbonyl (C=O) groups excluding carboxylic acids is 1. The number of carboxylic acid groups (broad SMARTS) is 1. The molecule has 10 nitrogen and oxygen atoms in total. The summed E-state index contributed by atoms with van der Waals surface area (Å²) >= 11 is 13.4. The van der Waals surface area contributed by atoms with E-state index in [1.54, 1.807) is 30.3 Å². The number of nitrogens with zero attached hydrogens (tertiary/aromatic N) is 4. The van der Waals surface area contributed by atoms with Gasteiger partial charge in [-0.05, 0) is 37.1 Å². The van der Waals surface area contributed by atoms with E-state index in [1.165, 1.54) is 4.90 Å². The van der Waals surface area contributed by atoms with E-state index in [0.717, 1.165) is 50.8 Å². The van der Waals surface area contributed by atoms with Gasteiger partial charge in [0.15, 0.2) is 12.4 Å². The molecule has 51 heavy (non-hydrogen) atoms. The third-order valence-electron chi connectivity index (χ3n) is 11.2. The number of likely N-dealkylation sites (tertiary alicyclic amines) is 1. The number of carboxylic acids is 1. The lowest BCUT2D eigenvalue weighted by Crippen LogP contribution is -2.74. The third kappa shape index (κ3) is 5.61.